The molecule has 0 heterocycles. The van der Waals surface area contributed by atoms with Crippen LogP contribution in [0.15, 0.2) is 0 Å². The van der Waals surface area contributed by atoms with Crippen LogP contribution >= 0.6 is 22.8 Å². The van der Waals surface area contributed by atoms with E-state index in [4.69, 9.17) is 4.52 Å². The fourth-order valence-electron chi connectivity index (χ4n) is 4.45. The third-order valence-electron chi connectivity index (χ3n) is 5.85. The lowest BCUT2D eigenvalue weighted by Gasteiger charge is -2.37. The van der Waals surface area contributed by atoms with E-state index in [1.807, 2.05) is 34.6 Å². The normalized spacial score (nSPS) is 15.1. The molecule has 5 N–H and O–H groups in total. The van der Waals surface area contributed by atoms with Crippen molar-refractivity contribution in [3.8, 4) is 5.75 Å². The molecule has 0 spiro atoms. The molecule has 1 rings (SSSR count). The summed E-state index contributed by atoms with van der Waals surface area (Å²) in [6, 6.07) is 0. The molecule has 0 aliphatic rings. The minimum absolute atomic E-state index is 0.00135. The predicted molar refractivity (Wildman–Crippen MR) is 121 cm³/mol. The summed E-state index contributed by atoms with van der Waals surface area (Å²) in [6.07, 6.45) is 1.80. The van der Waals surface area contributed by atoms with Crippen LogP contribution in [-0.4, -0.2) is 29.1 Å². The minimum atomic E-state index is -5.79. The summed E-state index contributed by atoms with van der Waals surface area (Å²) >= 11 is 0. The van der Waals surface area contributed by atoms with E-state index in [-0.39, 0.29) is 5.75 Å². The molecule has 0 radical (unpaired) electrons. The Bertz CT molecular complexity index is 890. The fraction of sp³-hybridized carbons (Fsp3) is 0.684. The molecule has 0 aliphatic carbocycles. The van der Waals surface area contributed by atoms with Crippen LogP contribution in [0.4, 0.5) is 0 Å². The third-order valence-corrected chi connectivity index (χ3v) is 14.6. The van der Waals surface area contributed by atoms with Crippen molar-refractivity contribution < 1.29 is 42.7 Å². The zero-order valence-electron chi connectivity index (χ0n) is 19.0. The highest BCUT2D eigenvalue weighted by Crippen LogP contribution is 2.85. The molecule has 0 aliphatic heterocycles. The Kier molecular flexibility index (Phi) is 9.39. The van der Waals surface area contributed by atoms with Crippen LogP contribution < -0.4 is 4.52 Å². The molecule has 9 nitrogen and oxygen atoms in total. The molecule has 0 aromatic heterocycles. The van der Waals surface area contributed by atoms with E-state index in [1.165, 1.54) is 0 Å². The lowest BCUT2D eigenvalue weighted by molar-refractivity contribution is 0.299. The molecule has 0 saturated carbocycles. The van der Waals surface area contributed by atoms with Gasteiger partial charge in [-0.25, -0.2) is 4.57 Å². The third kappa shape index (κ3) is 4.76. The summed E-state index contributed by atoms with van der Waals surface area (Å²) in [5.74, 6) is 0.00135. The molecule has 1 atom stereocenters. The zero-order valence-corrected chi connectivity index (χ0v) is 21.6. The number of hydrogen-bond donors (Lipinski definition) is 5. The Balaban J connectivity index is 4.06. The molecule has 0 fully saturated rings. The van der Waals surface area contributed by atoms with Crippen LogP contribution in [-0.2, 0) is 45.8 Å². The van der Waals surface area contributed by atoms with Gasteiger partial charge in [0.25, 0.3) is 4.64 Å². The van der Waals surface area contributed by atoms with E-state index >= 15 is 0 Å². The van der Waals surface area contributed by atoms with Crippen LogP contribution in [0.3, 0.4) is 0 Å². The van der Waals surface area contributed by atoms with Crippen LogP contribution in [0.1, 0.15) is 75.8 Å². The summed E-state index contributed by atoms with van der Waals surface area (Å²) in [7, 11) is -17.2. The lowest BCUT2D eigenvalue weighted by atomic mass is 9.85. The predicted octanol–water partition coefficient (Wildman–Crippen LogP) is 4.48. The van der Waals surface area contributed by atoms with E-state index in [0.29, 0.717) is 36.8 Å². The average Bonchev–Trinajstić information content (AvgIpc) is 2.64. The summed E-state index contributed by atoms with van der Waals surface area (Å²) < 4.78 is 39.7. The minimum Gasteiger partial charge on any atom is -0.423 e. The van der Waals surface area contributed by atoms with Crippen LogP contribution in [0.25, 0.3) is 0 Å². The molecular formula is C19H35O9P3. The molecular weight excluding hydrogens is 465 g/mol. The van der Waals surface area contributed by atoms with Crippen molar-refractivity contribution in [1.29, 1.82) is 0 Å². The molecule has 0 bridgehead atoms. The monoisotopic (exact) mass is 500 g/mol. The quantitative estimate of drug-likeness (QED) is 0.276. The average molecular weight is 500 g/mol. The first kappa shape index (κ1) is 28.5. The Morgan fingerprint density at radius 2 is 0.903 bits per heavy atom. The van der Waals surface area contributed by atoms with Gasteiger partial charge in [-0.05, 0) is 66.3 Å². The molecule has 0 amide bonds. The number of rotatable bonds is 11. The molecule has 31 heavy (non-hydrogen) atoms. The molecule has 1 unspecified atom stereocenters. The van der Waals surface area contributed by atoms with Gasteiger partial charge in [-0.3, -0.25) is 9.13 Å². The van der Waals surface area contributed by atoms with Crippen molar-refractivity contribution in [3.63, 3.8) is 0 Å². The van der Waals surface area contributed by atoms with Gasteiger partial charge in [0.2, 0.25) is 0 Å². The molecule has 1 aromatic carbocycles. The highest BCUT2D eigenvalue weighted by molar-refractivity contribution is 7.89. The maximum Gasteiger partial charge on any atom is 0.407 e. The van der Waals surface area contributed by atoms with Crippen molar-refractivity contribution in [2.45, 2.75) is 84.7 Å². The number of benzene rings is 1. The number of hydrogen-bond acceptors (Lipinski definition) is 4. The van der Waals surface area contributed by atoms with Gasteiger partial charge >= 0.3 is 22.8 Å². The van der Waals surface area contributed by atoms with Gasteiger partial charge in [-0.15, -0.1) is 0 Å². The first-order valence-corrected chi connectivity index (χ1v) is 15.3. The molecule has 12 heteroatoms. The van der Waals surface area contributed by atoms with E-state index < -0.39 is 33.8 Å². The first-order chi connectivity index (χ1) is 14.1. The van der Waals surface area contributed by atoms with E-state index in [0.717, 1.165) is 30.0 Å². The van der Waals surface area contributed by atoms with Crippen molar-refractivity contribution >= 4 is 22.8 Å². The van der Waals surface area contributed by atoms with Crippen LogP contribution in [0.5, 0.6) is 5.75 Å². The Labute approximate surface area is 184 Å². The Morgan fingerprint density at radius 3 is 1.13 bits per heavy atom. The highest BCUT2D eigenvalue weighted by Gasteiger charge is 2.72. The second-order valence-electron chi connectivity index (χ2n) is 7.32. The smallest absolute Gasteiger partial charge is 0.407 e. The van der Waals surface area contributed by atoms with Gasteiger partial charge in [0.15, 0.2) is 0 Å². The molecule has 1 aromatic rings. The summed E-state index contributed by atoms with van der Waals surface area (Å²) in [6.45, 7) is 10.6. The van der Waals surface area contributed by atoms with Crippen molar-refractivity contribution in [1.82, 2.24) is 0 Å². The van der Waals surface area contributed by atoms with E-state index in [9.17, 15) is 38.2 Å². The van der Waals surface area contributed by atoms with E-state index in [2.05, 4.69) is 0 Å². The van der Waals surface area contributed by atoms with Gasteiger partial charge < -0.3 is 29.0 Å². The van der Waals surface area contributed by atoms with Gasteiger partial charge in [-0.1, -0.05) is 41.5 Å². The van der Waals surface area contributed by atoms with Crippen LogP contribution in [0, 0.1) is 0 Å². The highest BCUT2D eigenvalue weighted by atomic mass is 31.3. The van der Waals surface area contributed by atoms with E-state index in [1.54, 1.807) is 0 Å². The van der Waals surface area contributed by atoms with Gasteiger partial charge in [0.1, 0.15) is 5.75 Å². The lowest BCUT2D eigenvalue weighted by Crippen LogP contribution is -2.31. The first-order valence-electron chi connectivity index (χ1n) is 10.5. The summed E-state index contributed by atoms with van der Waals surface area (Å²) in [4.78, 5) is 50.1. The SMILES string of the molecule is CCc1c(CC)c(CC)c(OP(=O)(O)C(CC)(P(=O)(O)O)P(=O)(O)O)c(CC)c1CC. The Hall–Kier alpha value is -0.490. The van der Waals surface area contributed by atoms with Gasteiger partial charge in [0, 0.05) is 0 Å². The van der Waals surface area contributed by atoms with Crippen molar-refractivity contribution in [2.75, 3.05) is 0 Å². The summed E-state index contributed by atoms with van der Waals surface area (Å²) in [5.41, 5.74) is 4.17. The second-order valence-corrected chi connectivity index (χ2v) is 14.1. The largest absolute Gasteiger partial charge is 0.423 e. The van der Waals surface area contributed by atoms with Gasteiger partial charge in [-0.2, -0.15) is 0 Å². The molecule has 0 saturated heterocycles. The van der Waals surface area contributed by atoms with Crippen molar-refractivity contribution in [3.05, 3.63) is 27.8 Å². The maximum absolute atomic E-state index is 13.4. The fourth-order valence-corrected chi connectivity index (χ4v) is 10.5. The Morgan fingerprint density at radius 1 is 0.613 bits per heavy atom. The second kappa shape index (κ2) is 10.2. The molecule has 180 valence electrons. The van der Waals surface area contributed by atoms with Gasteiger partial charge in [0.05, 0.1) is 0 Å². The van der Waals surface area contributed by atoms with Crippen LogP contribution in [0.2, 0.25) is 0 Å². The topological polar surface area (TPSA) is 162 Å². The standard InChI is InChI=1S/C19H35O9P3/c1-7-13-14(8-2)16(10-4)18(17(11-5)15(13)9-3)28-31(26,27)19(12-6,29(20,21)22)30(23,24)25/h7-12H2,1-6H3,(H,26,27)(H2,20,21,22)(H2,23,24,25). The summed E-state index contributed by atoms with van der Waals surface area (Å²) in [5, 5.41) is 0. The van der Waals surface area contributed by atoms with Crippen molar-refractivity contribution in [2.24, 2.45) is 0 Å². The zero-order chi connectivity index (χ0) is 24.4. The maximum atomic E-state index is 13.4.